The molecule has 0 aliphatic rings. The highest BCUT2D eigenvalue weighted by atomic mass is 16.5. The van der Waals surface area contributed by atoms with E-state index < -0.39 is 54.1 Å². The molecular weight excluding hydrogens is 680 g/mol. The van der Waals surface area contributed by atoms with Crippen molar-refractivity contribution in [2.45, 2.75) is 80.4 Å². The summed E-state index contributed by atoms with van der Waals surface area (Å²) in [6.45, 7) is 11.8. The number of ether oxygens (including phenoxy) is 2. The largest absolute Gasteiger partial charge is 0.481 e. The zero-order valence-corrected chi connectivity index (χ0v) is 31.2. The van der Waals surface area contributed by atoms with Gasteiger partial charge in [0.15, 0.2) is 0 Å². The van der Waals surface area contributed by atoms with Crippen LogP contribution in [0.3, 0.4) is 0 Å². The molecule has 1 rings (SSSR count). The molecule has 1 aromatic carbocycles. The average molecular weight is 737 g/mol. The van der Waals surface area contributed by atoms with Gasteiger partial charge in [-0.25, -0.2) is 0 Å². The first kappa shape index (κ1) is 47.1. The van der Waals surface area contributed by atoms with Crippen LogP contribution in [0.15, 0.2) is 18.2 Å². The second-order valence-corrected chi connectivity index (χ2v) is 12.5. The maximum Gasteiger partial charge on any atom is 0.308 e. The Hall–Kier alpha value is -4.90. The van der Waals surface area contributed by atoms with Gasteiger partial charge >= 0.3 is 11.9 Å². The molecule has 0 heterocycles. The van der Waals surface area contributed by atoms with E-state index in [1.54, 1.807) is 54.5 Å². The molecule has 17 heteroatoms. The number of carbonyl (C=O) groups is 8. The van der Waals surface area contributed by atoms with Crippen LogP contribution in [0.1, 0.15) is 83.7 Å². The predicted octanol–water partition coefficient (Wildman–Crippen LogP) is 0.889. The number of nitrogens with one attached hydrogen (secondary N) is 5. The molecule has 17 nitrogen and oxygen atoms in total. The lowest BCUT2D eigenvalue weighted by Crippen LogP contribution is -2.52. The van der Waals surface area contributed by atoms with E-state index in [0.717, 1.165) is 0 Å². The minimum absolute atomic E-state index is 0.000531. The molecule has 0 aliphatic heterocycles. The quantitative estimate of drug-likeness (QED) is 0.0647. The number of anilines is 1. The summed E-state index contributed by atoms with van der Waals surface area (Å²) in [6.07, 6.45) is 0.490. The maximum absolute atomic E-state index is 12.8. The van der Waals surface area contributed by atoms with Gasteiger partial charge < -0.3 is 46.9 Å². The third-order valence-electron chi connectivity index (χ3n) is 6.96. The number of carboxylic acids is 1. The summed E-state index contributed by atoms with van der Waals surface area (Å²) in [4.78, 5) is 95.6. The van der Waals surface area contributed by atoms with Crippen LogP contribution in [-0.4, -0.2) is 97.8 Å². The van der Waals surface area contributed by atoms with Gasteiger partial charge in [-0.15, -0.1) is 0 Å². The lowest BCUT2D eigenvalue weighted by molar-refractivity contribution is -0.148. The molecule has 1 aromatic rings. The summed E-state index contributed by atoms with van der Waals surface area (Å²) < 4.78 is 10.6. The molecule has 0 saturated carbocycles. The lowest BCUT2D eigenvalue weighted by Gasteiger charge is -2.21. The summed E-state index contributed by atoms with van der Waals surface area (Å²) in [5.74, 6) is -4.57. The highest BCUT2D eigenvalue weighted by Gasteiger charge is 2.25. The number of hydrogen-bond acceptors (Lipinski definition) is 11. The number of hydrogen-bond donors (Lipinski definition) is 7. The molecule has 1 unspecified atom stereocenters. The zero-order chi connectivity index (χ0) is 39.8. The van der Waals surface area contributed by atoms with Crippen LogP contribution in [0.2, 0.25) is 0 Å². The van der Waals surface area contributed by atoms with E-state index in [-0.39, 0.29) is 93.5 Å². The van der Waals surface area contributed by atoms with Gasteiger partial charge in [0.2, 0.25) is 23.6 Å². The first-order valence-corrected chi connectivity index (χ1v) is 17.2. The third-order valence-corrected chi connectivity index (χ3v) is 6.96. The molecule has 5 amide bonds. The van der Waals surface area contributed by atoms with E-state index in [0.29, 0.717) is 5.56 Å². The lowest BCUT2D eigenvalue weighted by atomic mass is 10.0. The van der Waals surface area contributed by atoms with Crippen LogP contribution in [-0.2, 0) is 49.6 Å². The number of carboxylic acid groups (broad SMARTS) is 1. The SMILES string of the molecule is CC(C)C(=O)CCOCCC(=O)NCC(=O)NC(C(=O)NCC(=O)Nc1ccc(COC(=O)C(C)C)c(C(=O)NCCN)c1)C(C)C.CCC(=O)O. The van der Waals surface area contributed by atoms with Crippen molar-refractivity contribution in [1.29, 1.82) is 0 Å². The highest BCUT2D eigenvalue weighted by Crippen LogP contribution is 2.18. The van der Waals surface area contributed by atoms with Crippen molar-refractivity contribution in [1.82, 2.24) is 21.3 Å². The Morgan fingerprint density at radius 2 is 1.42 bits per heavy atom. The molecule has 0 saturated heterocycles. The Kier molecular flexibility index (Phi) is 23.5. The van der Waals surface area contributed by atoms with Gasteiger partial charge in [0.25, 0.3) is 5.91 Å². The van der Waals surface area contributed by atoms with Crippen LogP contribution in [0.25, 0.3) is 0 Å². The summed E-state index contributed by atoms with van der Waals surface area (Å²) in [5.41, 5.74) is 6.35. The van der Waals surface area contributed by atoms with Gasteiger partial charge in [0.05, 0.1) is 32.2 Å². The van der Waals surface area contributed by atoms with E-state index in [4.69, 9.17) is 20.3 Å². The molecule has 1 atom stereocenters. The number of carbonyl (C=O) groups excluding carboxylic acids is 7. The molecule has 52 heavy (non-hydrogen) atoms. The first-order valence-electron chi connectivity index (χ1n) is 17.2. The van der Waals surface area contributed by atoms with Crippen molar-refractivity contribution in [2.24, 2.45) is 23.5 Å². The molecule has 0 radical (unpaired) electrons. The van der Waals surface area contributed by atoms with Gasteiger partial charge in [-0.2, -0.15) is 0 Å². The van der Waals surface area contributed by atoms with Crippen molar-refractivity contribution in [3.05, 3.63) is 29.3 Å². The fourth-order valence-corrected chi connectivity index (χ4v) is 3.83. The highest BCUT2D eigenvalue weighted by molar-refractivity contribution is 6.00. The minimum atomic E-state index is -0.986. The number of esters is 1. The van der Waals surface area contributed by atoms with Gasteiger partial charge in [0.1, 0.15) is 18.4 Å². The predicted molar refractivity (Wildman–Crippen MR) is 192 cm³/mol. The Balaban J connectivity index is 0.00000484. The molecule has 0 aromatic heterocycles. The molecule has 0 spiro atoms. The van der Waals surface area contributed by atoms with Crippen molar-refractivity contribution in [3.8, 4) is 0 Å². The first-order chi connectivity index (χ1) is 24.4. The van der Waals surface area contributed by atoms with E-state index in [9.17, 15) is 38.4 Å². The smallest absolute Gasteiger partial charge is 0.308 e. The monoisotopic (exact) mass is 736 g/mol. The van der Waals surface area contributed by atoms with Crippen molar-refractivity contribution in [2.75, 3.05) is 44.7 Å². The fraction of sp³-hybridized carbons (Fsp3) is 0.600. The van der Waals surface area contributed by atoms with Gasteiger partial charge in [-0.3, -0.25) is 38.4 Å². The van der Waals surface area contributed by atoms with Crippen molar-refractivity contribution >= 4 is 52.9 Å². The molecule has 0 aliphatic carbocycles. The summed E-state index contributed by atoms with van der Waals surface area (Å²) in [7, 11) is 0. The molecular formula is C35H56N6O11. The van der Waals surface area contributed by atoms with Gasteiger partial charge in [0, 0.05) is 55.1 Å². The van der Waals surface area contributed by atoms with Gasteiger partial charge in [-0.05, 0) is 18.1 Å². The summed E-state index contributed by atoms with van der Waals surface area (Å²) in [6, 6.07) is 3.52. The normalized spacial score (nSPS) is 11.1. The minimum Gasteiger partial charge on any atom is -0.481 e. The fourth-order valence-electron chi connectivity index (χ4n) is 3.83. The Morgan fingerprint density at radius 3 is 1.98 bits per heavy atom. The van der Waals surface area contributed by atoms with Crippen LogP contribution >= 0.6 is 0 Å². The topological polar surface area (TPSA) is 261 Å². The number of Topliss-reactive ketones (excluding diaryl/α,β-unsaturated/α-hetero) is 1. The van der Waals surface area contributed by atoms with Gasteiger partial charge in [-0.1, -0.05) is 54.5 Å². The molecule has 0 bridgehead atoms. The zero-order valence-electron chi connectivity index (χ0n) is 31.2. The van der Waals surface area contributed by atoms with Crippen molar-refractivity contribution in [3.63, 3.8) is 0 Å². The van der Waals surface area contributed by atoms with Crippen LogP contribution in [0.4, 0.5) is 5.69 Å². The second-order valence-electron chi connectivity index (χ2n) is 12.5. The van der Waals surface area contributed by atoms with E-state index in [2.05, 4.69) is 26.6 Å². The van der Waals surface area contributed by atoms with E-state index >= 15 is 0 Å². The molecule has 0 fully saturated rings. The number of nitrogens with two attached hydrogens (primary N) is 1. The number of benzene rings is 1. The third kappa shape index (κ3) is 20.7. The van der Waals surface area contributed by atoms with E-state index in [1.807, 2.05) is 0 Å². The average Bonchev–Trinajstić information content (AvgIpc) is 3.09. The summed E-state index contributed by atoms with van der Waals surface area (Å²) in [5, 5.41) is 20.5. The second kappa shape index (κ2) is 26.0. The van der Waals surface area contributed by atoms with Crippen molar-refractivity contribution < 1.29 is 52.9 Å². The van der Waals surface area contributed by atoms with E-state index in [1.165, 1.54) is 12.1 Å². The standard InChI is InChI=1S/C32H50N6O9.C3H6O2/c1-19(2)25(39)9-13-46-14-10-26(40)35-16-28(42)38-29(20(3)4)31(44)36-17-27(41)37-23-8-7-22(18-47-32(45)21(5)6)24(15-23)30(43)34-12-11-33;1-2-3(4)5/h7-8,15,19-21,29H,9-14,16-18,33H2,1-6H3,(H,34,43)(H,35,40)(H,36,44)(H,37,41)(H,38,42);2H2,1H3,(H,4,5). The van der Waals surface area contributed by atoms with Crippen LogP contribution in [0.5, 0.6) is 0 Å². The summed E-state index contributed by atoms with van der Waals surface area (Å²) >= 11 is 0. The molecule has 292 valence electrons. The Morgan fingerprint density at radius 1 is 0.808 bits per heavy atom. The number of rotatable bonds is 22. The molecule has 8 N–H and O–H groups in total. The van der Waals surface area contributed by atoms with Crippen LogP contribution in [0, 0.1) is 17.8 Å². The number of amides is 5. The Labute approximate surface area is 304 Å². The maximum atomic E-state index is 12.8. The van der Waals surface area contributed by atoms with Crippen LogP contribution < -0.4 is 32.3 Å². The number of aliphatic carboxylic acids is 1. The Bertz CT molecular complexity index is 1360. The number of ketones is 1.